The average Bonchev–Trinajstić information content (AvgIpc) is 2.40. The van der Waals surface area contributed by atoms with Gasteiger partial charge in [-0.2, -0.15) is 0 Å². The molecule has 98 valence electrons. The minimum Gasteiger partial charge on any atom is -0.395 e. The van der Waals surface area contributed by atoms with E-state index in [2.05, 4.69) is 20.8 Å². The molecule has 1 N–H and O–H groups in total. The van der Waals surface area contributed by atoms with Crippen molar-refractivity contribution in [3.8, 4) is 0 Å². The number of piperazine rings is 1. The summed E-state index contributed by atoms with van der Waals surface area (Å²) in [6, 6.07) is 7.45. The van der Waals surface area contributed by atoms with E-state index >= 15 is 0 Å². The molecule has 1 aliphatic rings. The lowest BCUT2D eigenvalue weighted by atomic mass is 10.2. The number of hydrogen-bond donors (Lipinski definition) is 1. The number of rotatable bonds is 3. The van der Waals surface area contributed by atoms with Gasteiger partial charge in [0.15, 0.2) is 0 Å². The van der Waals surface area contributed by atoms with Crippen LogP contribution in [-0.4, -0.2) is 60.1 Å². The summed E-state index contributed by atoms with van der Waals surface area (Å²) in [7, 11) is 0. The van der Waals surface area contributed by atoms with Gasteiger partial charge in [-0.15, -0.1) is 0 Å². The zero-order valence-electron chi connectivity index (χ0n) is 10.2. The number of halogens is 1. The molecule has 0 radical (unpaired) electrons. The molecule has 0 bridgehead atoms. The fourth-order valence-electron chi connectivity index (χ4n) is 2.09. The van der Waals surface area contributed by atoms with Crippen LogP contribution in [0.4, 0.5) is 0 Å². The third-order valence-electron chi connectivity index (χ3n) is 3.17. The third-order valence-corrected chi connectivity index (χ3v) is 3.70. The van der Waals surface area contributed by atoms with E-state index in [0.717, 1.165) is 36.2 Å². The molecular weight excluding hydrogens is 296 g/mol. The largest absolute Gasteiger partial charge is 0.395 e. The highest BCUT2D eigenvalue weighted by Gasteiger charge is 2.21. The van der Waals surface area contributed by atoms with Crippen molar-refractivity contribution < 1.29 is 9.90 Å². The van der Waals surface area contributed by atoms with Crippen LogP contribution in [0.2, 0.25) is 0 Å². The quantitative estimate of drug-likeness (QED) is 0.912. The minimum absolute atomic E-state index is 0.0890. The van der Waals surface area contributed by atoms with E-state index in [0.29, 0.717) is 6.54 Å². The highest BCUT2D eigenvalue weighted by atomic mass is 79.9. The molecule has 0 unspecified atom stereocenters. The lowest BCUT2D eigenvalue weighted by molar-refractivity contribution is 0.0615. The third kappa shape index (κ3) is 3.31. The van der Waals surface area contributed by atoms with Crippen molar-refractivity contribution in [3.05, 3.63) is 34.3 Å². The monoisotopic (exact) mass is 312 g/mol. The number of carbonyl (C=O) groups is 1. The zero-order chi connectivity index (χ0) is 13.0. The van der Waals surface area contributed by atoms with Gasteiger partial charge in [0.25, 0.3) is 5.91 Å². The fourth-order valence-corrected chi connectivity index (χ4v) is 2.36. The Morgan fingerprint density at radius 2 is 1.78 bits per heavy atom. The van der Waals surface area contributed by atoms with Crippen molar-refractivity contribution in [1.29, 1.82) is 0 Å². The molecular formula is C13H17BrN2O2. The number of benzene rings is 1. The van der Waals surface area contributed by atoms with Gasteiger partial charge in [0.1, 0.15) is 0 Å². The van der Waals surface area contributed by atoms with Gasteiger partial charge in [0, 0.05) is 42.8 Å². The van der Waals surface area contributed by atoms with Crippen LogP contribution in [0.25, 0.3) is 0 Å². The van der Waals surface area contributed by atoms with Gasteiger partial charge >= 0.3 is 0 Å². The van der Waals surface area contributed by atoms with Gasteiger partial charge in [-0.3, -0.25) is 9.69 Å². The van der Waals surface area contributed by atoms with Gasteiger partial charge in [-0.1, -0.05) is 15.9 Å². The second-order valence-corrected chi connectivity index (χ2v) is 5.28. The molecule has 2 rings (SSSR count). The number of aliphatic hydroxyl groups excluding tert-OH is 1. The van der Waals surface area contributed by atoms with Crippen molar-refractivity contribution >= 4 is 21.8 Å². The zero-order valence-corrected chi connectivity index (χ0v) is 11.8. The van der Waals surface area contributed by atoms with E-state index in [1.54, 1.807) is 0 Å². The van der Waals surface area contributed by atoms with Crippen molar-refractivity contribution in [2.24, 2.45) is 0 Å². The van der Waals surface area contributed by atoms with E-state index in [9.17, 15) is 4.79 Å². The van der Waals surface area contributed by atoms with Crippen LogP contribution >= 0.6 is 15.9 Å². The molecule has 1 amide bonds. The van der Waals surface area contributed by atoms with Crippen LogP contribution in [0.1, 0.15) is 10.4 Å². The van der Waals surface area contributed by atoms with Crippen molar-refractivity contribution in [3.63, 3.8) is 0 Å². The molecule has 1 heterocycles. The van der Waals surface area contributed by atoms with E-state index < -0.39 is 0 Å². The predicted molar refractivity (Wildman–Crippen MR) is 73.6 cm³/mol. The van der Waals surface area contributed by atoms with Gasteiger partial charge < -0.3 is 10.0 Å². The summed E-state index contributed by atoms with van der Waals surface area (Å²) >= 11 is 3.36. The molecule has 0 spiro atoms. The predicted octanol–water partition coefficient (Wildman–Crippen LogP) is 1.20. The molecule has 5 heteroatoms. The maximum atomic E-state index is 12.2. The summed E-state index contributed by atoms with van der Waals surface area (Å²) in [6.45, 7) is 4.01. The maximum Gasteiger partial charge on any atom is 0.253 e. The molecule has 18 heavy (non-hydrogen) atoms. The van der Waals surface area contributed by atoms with E-state index in [4.69, 9.17) is 5.11 Å². The lowest BCUT2D eigenvalue weighted by Crippen LogP contribution is -2.49. The SMILES string of the molecule is O=C(c1ccc(Br)cc1)N1CCN(CCO)CC1. The fraction of sp³-hybridized carbons (Fsp3) is 0.462. The molecule has 0 aromatic heterocycles. The number of amides is 1. The molecule has 1 aliphatic heterocycles. The Morgan fingerprint density at radius 3 is 2.33 bits per heavy atom. The summed E-state index contributed by atoms with van der Waals surface area (Å²) in [4.78, 5) is 16.3. The maximum absolute atomic E-state index is 12.2. The molecule has 0 saturated carbocycles. The Balaban J connectivity index is 1.93. The molecule has 0 atom stereocenters. The Hall–Kier alpha value is -0.910. The minimum atomic E-state index is 0.0890. The van der Waals surface area contributed by atoms with E-state index in [1.165, 1.54) is 0 Å². The summed E-state index contributed by atoms with van der Waals surface area (Å²) in [6.07, 6.45) is 0. The number of hydrogen-bond acceptors (Lipinski definition) is 3. The number of nitrogens with zero attached hydrogens (tertiary/aromatic N) is 2. The van der Waals surface area contributed by atoms with Crippen LogP contribution in [0.15, 0.2) is 28.7 Å². The number of aliphatic hydroxyl groups is 1. The summed E-state index contributed by atoms with van der Waals surface area (Å²) in [5.41, 5.74) is 0.730. The molecule has 1 aromatic rings. The Morgan fingerprint density at radius 1 is 1.17 bits per heavy atom. The topological polar surface area (TPSA) is 43.8 Å². The van der Waals surface area contributed by atoms with Gasteiger partial charge in [0.05, 0.1) is 6.61 Å². The van der Waals surface area contributed by atoms with Crippen molar-refractivity contribution in [1.82, 2.24) is 9.80 Å². The molecule has 1 aromatic carbocycles. The van der Waals surface area contributed by atoms with E-state index in [-0.39, 0.29) is 12.5 Å². The van der Waals surface area contributed by atoms with Crippen LogP contribution in [0.5, 0.6) is 0 Å². The lowest BCUT2D eigenvalue weighted by Gasteiger charge is -2.34. The Labute approximate surface area is 115 Å². The summed E-state index contributed by atoms with van der Waals surface area (Å²) < 4.78 is 0.979. The van der Waals surface area contributed by atoms with Gasteiger partial charge in [-0.25, -0.2) is 0 Å². The Kier molecular flexibility index (Phi) is 4.74. The first-order valence-corrected chi connectivity index (χ1v) is 6.88. The summed E-state index contributed by atoms with van der Waals surface area (Å²) in [5.74, 6) is 0.0890. The average molecular weight is 313 g/mol. The van der Waals surface area contributed by atoms with Crippen LogP contribution in [0, 0.1) is 0 Å². The highest BCUT2D eigenvalue weighted by Crippen LogP contribution is 2.13. The second-order valence-electron chi connectivity index (χ2n) is 4.36. The molecule has 0 aliphatic carbocycles. The number of β-amino-alcohol motifs (C(OH)–C–C–N with tert-alkyl or cyclic N) is 1. The first kappa shape index (κ1) is 13.5. The normalized spacial score (nSPS) is 16.9. The van der Waals surface area contributed by atoms with Crippen molar-refractivity contribution in [2.75, 3.05) is 39.3 Å². The van der Waals surface area contributed by atoms with Gasteiger partial charge in [-0.05, 0) is 24.3 Å². The first-order valence-electron chi connectivity index (χ1n) is 6.09. The molecule has 1 saturated heterocycles. The van der Waals surface area contributed by atoms with Gasteiger partial charge in [0.2, 0.25) is 0 Å². The van der Waals surface area contributed by atoms with Crippen LogP contribution in [0.3, 0.4) is 0 Å². The van der Waals surface area contributed by atoms with Crippen LogP contribution < -0.4 is 0 Å². The Bertz CT molecular complexity index is 400. The number of carbonyl (C=O) groups excluding carboxylic acids is 1. The molecule has 4 nitrogen and oxygen atoms in total. The second kappa shape index (κ2) is 6.31. The molecule has 1 fully saturated rings. The van der Waals surface area contributed by atoms with E-state index in [1.807, 2.05) is 29.2 Å². The highest BCUT2D eigenvalue weighted by molar-refractivity contribution is 9.10. The smallest absolute Gasteiger partial charge is 0.253 e. The van der Waals surface area contributed by atoms with Crippen LogP contribution in [-0.2, 0) is 0 Å². The standard InChI is InChI=1S/C13H17BrN2O2/c14-12-3-1-11(2-4-12)13(18)16-7-5-15(6-8-16)9-10-17/h1-4,17H,5-10H2. The summed E-state index contributed by atoms with van der Waals surface area (Å²) in [5, 5.41) is 8.87. The first-order chi connectivity index (χ1) is 8.70. The van der Waals surface area contributed by atoms with Crippen molar-refractivity contribution in [2.45, 2.75) is 0 Å².